The summed E-state index contributed by atoms with van der Waals surface area (Å²) >= 11 is 1.60. The summed E-state index contributed by atoms with van der Waals surface area (Å²) in [5.41, 5.74) is 3.63. The number of fused-ring (bicyclic) bond motifs is 1. The maximum Gasteiger partial charge on any atom is 0.225 e. The minimum absolute atomic E-state index is 0.0656. The number of anilines is 2. The highest BCUT2D eigenvalue weighted by Gasteiger charge is 2.38. The summed E-state index contributed by atoms with van der Waals surface area (Å²) in [5, 5.41) is 27.9. The number of pyridine rings is 1. The largest absolute Gasteiger partial charge is 0.396 e. The smallest absolute Gasteiger partial charge is 0.225 e. The molecular weight excluding hydrogens is 488 g/mol. The number of aryl methyl sites for hydroxylation is 1. The molecule has 3 atom stereocenters. The summed E-state index contributed by atoms with van der Waals surface area (Å²) in [6, 6.07) is 11.8. The van der Waals surface area contributed by atoms with Crippen LogP contribution in [0.2, 0.25) is 0 Å². The molecule has 0 saturated heterocycles. The van der Waals surface area contributed by atoms with E-state index < -0.39 is 5.79 Å². The standard InChI is InChI=1S/C27H32N6O3S/c1-16-23(25-32-19-6-4-5-7-22(19)37-25)24(33-26(30-16)29-14-17-8-10-28-11-9-17)31-20-12-18(15-34)13-21(20)36-27(2,3)35/h4-11,18,20-21,34-35H,12-15H2,1-3H3,(H2,29,30,31,33)/t18-,20+,21+/m0/s1. The fourth-order valence-corrected chi connectivity index (χ4v) is 5.81. The van der Waals surface area contributed by atoms with Gasteiger partial charge >= 0.3 is 0 Å². The second-order valence-corrected chi connectivity index (χ2v) is 11.0. The van der Waals surface area contributed by atoms with Crippen LogP contribution in [0.4, 0.5) is 11.8 Å². The molecule has 0 amide bonds. The number of nitrogens with one attached hydrogen (secondary N) is 2. The summed E-state index contributed by atoms with van der Waals surface area (Å²) in [6.07, 6.45) is 4.56. The van der Waals surface area contributed by atoms with Crippen LogP contribution >= 0.6 is 11.3 Å². The van der Waals surface area contributed by atoms with Crippen LogP contribution in [0, 0.1) is 12.8 Å². The molecule has 5 rings (SSSR count). The quantitative estimate of drug-likeness (QED) is 0.238. The Hall–Kier alpha value is -3.18. The number of aromatic nitrogens is 4. The zero-order chi connectivity index (χ0) is 26.0. The van der Waals surface area contributed by atoms with E-state index in [0.29, 0.717) is 31.2 Å². The van der Waals surface area contributed by atoms with Crippen molar-refractivity contribution in [3.05, 3.63) is 60.0 Å². The van der Waals surface area contributed by atoms with E-state index in [1.807, 2.05) is 37.3 Å². The topological polar surface area (TPSA) is 125 Å². The third kappa shape index (κ3) is 6.04. The van der Waals surface area contributed by atoms with Gasteiger partial charge in [-0.3, -0.25) is 4.98 Å². The molecule has 37 heavy (non-hydrogen) atoms. The number of aliphatic hydroxyl groups excluding tert-OH is 1. The second-order valence-electron chi connectivity index (χ2n) is 9.93. The number of hydrogen-bond acceptors (Lipinski definition) is 10. The van der Waals surface area contributed by atoms with Gasteiger partial charge in [-0.2, -0.15) is 4.98 Å². The number of nitrogens with zero attached hydrogens (tertiary/aromatic N) is 4. The number of ether oxygens (including phenoxy) is 1. The minimum Gasteiger partial charge on any atom is -0.396 e. The van der Waals surface area contributed by atoms with Gasteiger partial charge in [0.25, 0.3) is 0 Å². The molecule has 4 aromatic rings. The third-order valence-corrected chi connectivity index (χ3v) is 7.47. The van der Waals surface area contributed by atoms with E-state index in [2.05, 4.69) is 21.7 Å². The highest BCUT2D eigenvalue weighted by Crippen LogP contribution is 2.39. The second kappa shape index (κ2) is 10.7. The number of thiazole rings is 1. The van der Waals surface area contributed by atoms with Crippen molar-refractivity contribution in [1.82, 2.24) is 19.9 Å². The Morgan fingerprint density at radius 1 is 1.08 bits per heavy atom. The molecule has 1 aromatic carbocycles. The van der Waals surface area contributed by atoms with Gasteiger partial charge in [0, 0.05) is 25.5 Å². The number of benzene rings is 1. The third-order valence-electron chi connectivity index (χ3n) is 6.42. The molecule has 1 aliphatic carbocycles. The molecular formula is C27H32N6O3S. The van der Waals surface area contributed by atoms with Crippen molar-refractivity contribution in [1.29, 1.82) is 0 Å². The average Bonchev–Trinajstić information content (AvgIpc) is 3.45. The number of para-hydroxylation sites is 1. The van der Waals surface area contributed by atoms with Crippen LogP contribution in [0.15, 0.2) is 48.8 Å². The van der Waals surface area contributed by atoms with Gasteiger partial charge in [-0.25, -0.2) is 9.97 Å². The minimum atomic E-state index is -1.29. The van der Waals surface area contributed by atoms with Crippen molar-refractivity contribution in [2.45, 2.75) is 58.1 Å². The van der Waals surface area contributed by atoms with Crippen molar-refractivity contribution in [3.63, 3.8) is 0 Å². The first-order valence-electron chi connectivity index (χ1n) is 12.4. The van der Waals surface area contributed by atoms with Crippen LogP contribution < -0.4 is 10.6 Å². The molecule has 0 bridgehead atoms. The zero-order valence-electron chi connectivity index (χ0n) is 21.2. The Morgan fingerprint density at radius 2 is 1.86 bits per heavy atom. The van der Waals surface area contributed by atoms with Gasteiger partial charge in [0.05, 0.1) is 33.6 Å². The Labute approximate surface area is 220 Å². The van der Waals surface area contributed by atoms with Gasteiger partial charge < -0.3 is 25.6 Å². The van der Waals surface area contributed by atoms with Gasteiger partial charge in [0.1, 0.15) is 10.8 Å². The van der Waals surface area contributed by atoms with Gasteiger partial charge in [-0.15, -0.1) is 11.3 Å². The Kier molecular flexibility index (Phi) is 7.34. The van der Waals surface area contributed by atoms with Gasteiger partial charge in [0.15, 0.2) is 5.79 Å². The lowest BCUT2D eigenvalue weighted by Gasteiger charge is -2.29. The van der Waals surface area contributed by atoms with Crippen LogP contribution in [0.3, 0.4) is 0 Å². The van der Waals surface area contributed by atoms with Gasteiger partial charge in [-0.1, -0.05) is 12.1 Å². The van der Waals surface area contributed by atoms with Crippen LogP contribution in [0.25, 0.3) is 20.8 Å². The molecule has 9 nitrogen and oxygen atoms in total. The number of aliphatic hydroxyl groups is 2. The lowest BCUT2D eigenvalue weighted by Crippen LogP contribution is -2.38. The molecule has 3 heterocycles. The van der Waals surface area contributed by atoms with E-state index in [-0.39, 0.29) is 24.7 Å². The highest BCUT2D eigenvalue weighted by molar-refractivity contribution is 7.21. The number of rotatable bonds is 9. The molecule has 0 spiro atoms. The highest BCUT2D eigenvalue weighted by atomic mass is 32.1. The normalized spacial score (nSPS) is 19.9. The van der Waals surface area contributed by atoms with E-state index >= 15 is 0 Å². The SMILES string of the molecule is Cc1nc(NCc2ccncc2)nc(N[C@@H]2C[C@H](CO)C[C@H]2OC(C)(C)O)c1-c1nc2ccccc2s1. The molecule has 1 aliphatic rings. The zero-order valence-corrected chi connectivity index (χ0v) is 22.0. The molecule has 4 N–H and O–H groups in total. The number of hydrogen-bond donors (Lipinski definition) is 4. The van der Waals surface area contributed by atoms with Gasteiger partial charge in [-0.05, 0) is 69.4 Å². The molecule has 1 fully saturated rings. The van der Waals surface area contributed by atoms with E-state index in [1.165, 1.54) is 0 Å². The van der Waals surface area contributed by atoms with E-state index in [9.17, 15) is 10.2 Å². The summed E-state index contributed by atoms with van der Waals surface area (Å²) in [5.74, 6) is -0.0677. The lowest BCUT2D eigenvalue weighted by molar-refractivity contribution is -0.205. The van der Waals surface area contributed by atoms with Crippen molar-refractivity contribution >= 4 is 33.3 Å². The fraction of sp³-hybridized carbons (Fsp3) is 0.407. The Morgan fingerprint density at radius 3 is 2.59 bits per heavy atom. The molecule has 194 valence electrons. The van der Waals surface area contributed by atoms with Crippen LogP contribution in [0.5, 0.6) is 0 Å². The van der Waals surface area contributed by atoms with Crippen molar-refractivity contribution in [2.75, 3.05) is 17.2 Å². The monoisotopic (exact) mass is 520 g/mol. The van der Waals surface area contributed by atoms with E-state index in [0.717, 1.165) is 32.0 Å². The molecule has 3 aromatic heterocycles. The van der Waals surface area contributed by atoms with Gasteiger partial charge in [0.2, 0.25) is 5.95 Å². The average molecular weight is 521 g/mol. The van der Waals surface area contributed by atoms with Crippen LogP contribution in [-0.2, 0) is 11.3 Å². The molecule has 1 saturated carbocycles. The van der Waals surface area contributed by atoms with Crippen LogP contribution in [-0.4, -0.2) is 54.7 Å². The lowest BCUT2D eigenvalue weighted by atomic mass is 10.1. The van der Waals surface area contributed by atoms with E-state index in [1.54, 1.807) is 37.6 Å². The molecule has 10 heteroatoms. The molecule has 0 unspecified atom stereocenters. The van der Waals surface area contributed by atoms with Crippen molar-refractivity contribution in [2.24, 2.45) is 5.92 Å². The Bertz CT molecular complexity index is 1320. The first kappa shape index (κ1) is 25.5. The predicted molar refractivity (Wildman–Crippen MR) is 145 cm³/mol. The predicted octanol–water partition coefficient (Wildman–Crippen LogP) is 4.37. The summed E-state index contributed by atoms with van der Waals surface area (Å²) < 4.78 is 7.07. The first-order valence-corrected chi connectivity index (χ1v) is 13.3. The fourth-order valence-electron chi connectivity index (χ4n) is 4.75. The first-order chi connectivity index (χ1) is 17.8. The summed E-state index contributed by atoms with van der Waals surface area (Å²) in [4.78, 5) is 18.6. The maximum absolute atomic E-state index is 10.3. The van der Waals surface area contributed by atoms with E-state index in [4.69, 9.17) is 19.7 Å². The Balaban J connectivity index is 1.51. The maximum atomic E-state index is 10.3. The van der Waals surface area contributed by atoms with Crippen molar-refractivity contribution < 1.29 is 14.9 Å². The molecule has 0 aliphatic heterocycles. The molecule has 0 radical (unpaired) electrons. The summed E-state index contributed by atoms with van der Waals surface area (Å²) in [6.45, 7) is 5.83. The summed E-state index contributed by atoms with van der Waals surface area (Å²) in [7, 11) is 0. The van der Waals surface area contributed by atoms with Crippen molar-refractivity contribution in [3.8, 4) is 10.6 Å². The van der Waals surface area contributed by atoms with Crippen LogP contribution in [0.1, 0.15) is 37.9 Å².